The van der Waals surface area contributed by atoms with E-state index in [4.69, 9.17) is 4.74 Å². The highest BCUT2D eigenvalue weighted by Gasteiger charge is 2.30. The third kappa shape index (κ3) is 8.71. The van der Waals surface area contributed by atoms with Crippen molar-refractivity contribution in [1.82, 2.24) is 9.62 Å². The molecule has 0 atom stereocenters. The van der Waals surface area contributed by atoms with Gasteiger partial charge < -0.3 is 9.64 Å². The molecule has 0 bridgehead atoms. The van der Waals surface area contributed by atoms with Crippen LogP contribution in [0.1, 0.15) is 34.8 Å². The van der Waals surface area contributed by atoms with Crippen LogP contribution >= 0.6 is 0 Å². The molecule has 0 aliphatic carbocycles. The fraction of sp³-hybridized carbons (Fsp3) is 0.367. The molecule has 1 aliphatic rings. The summed E-state index contributed by atoms with van der Waals surface area (Å²) in [5, 5.41) is 0. The number of rotatable bonds is 10. The van der Waals surface area contributed by atoms with E-state index >= 15 is 0 Å². The third-order valence-electron chi connectivity index (χ3n) is 6.92. The summed E-state index contributed by atoms with van der Waals surface area (Å²) in [6.45, 7) is 8.78. The molecular formula is C30H34F3N3O4S. The summed E-state index contributed by atoms with van der Waals surface area (Å²) in [7, 11) is -4.39. The van der Waals surface area contributed by atoms with E-state index in [1.807, 2.05) is 19.1 Å². The van der Waals surface area contributed by atoms with Crippen LogP contribution in [-0.4, -0.2) is 63.9 Å². The number of nitrogens with zero attached hydrogens (tertiary/aromatic N) is 2. The van der Waals surface area contributed by atoms with Gasteiger partial charge in [0.15, 0.2) is 0 Å². The maximum absolute atomic E-state index is 12.3. The summed E-state index contributed by atoms with van der Waals surface area (Å²) in [4.78, 5) is 16.8. The van der Waals surface area contributed by atoms with Crippen molar-refractivity contribution in [3.05, 3.63) is 83.4 Å². The number of halogens is 3. The number of alkyl halides is 3. The van der Waals surface area contributed by atoms with Gasteiger partial charge in [-0.3, -0.25) is 9.69 Å². The number of hydrogen-bond acceptors (Lipinski definition) is 6. The van der Waals surface area contributed by atoms with Crippen molar-refractivity contribution in [2.75, 3.05) is 43.4 Å². The number of sulfonamides is 1. The Hall–Kier alpha value is -3.57. The predicted octanol–water partition coefficient (Wildman–Crippen LogP) is 5.39. The zero-order chi connectivity index (χ0) is 29.6. The van der Waals surface area contributed by atoms with E-state index in [-0.39, 0.29) is 5.56 Å². The second-order valence-electron chi connectivity index (χ2n) is 10.0. The molecule has 0 unspecified atom stereocenters. The van der Waals surface area contributed by atoms with Gasteiger partial charge in [0.1, 0.15) is 5.75 Å². The molecule has 1 fully saturated rings. The molecule has 3 aromatic rings. The predicted molar refractivity (Wildman–Crippen MR) is 154 cm³/mol. The molecule has 3 aromatic carbocycles. The van der Waals surface area contributed by atoms with E-state index < -0.39 is 34.3 Å². The van der Waals surface area contributed by atoms with Crippen LogP contribution in [0.2, 0.25) is 0 Å². The van der Waals surface area contributed by atoms with Crippen LogP contribution in [-0.2, 0) is 16.6 Å². The molecule has 1 amide bonds. The Balaban J connectivity index is 1.29. The van der Waals surface area contributed by atoms with Gasteiger partial charge in [0.25, 0.3) is 5.91 Å². The lowest BCUT2D eigenvalue weighted by atomic mass is 9.98. The number of benzene rings is 3. The number of hydrogen-bond donors (Lipinski definition) is 1. The van der Waals surface area contributed by atoms with Gasteiger partial charge in [-0.1, -0.05) is 30.3 Å². The number of piperazine rings is 1. The van der Waals surface area contributed by atoms with Crippen molar-refractivity contribution in [2.45, 2.75) is 33.0 Å². The Bertz CT molecular complexity index is 1450. The first-order valence-electron chi connectivity index (χ1n) is 13.4. The van der Waals surface area contributed by atoms with Gasteiger partial charge in [0.05, 0.1) is 18.8 Å². The molecule has 0 spiro atoms. The average molecular weight is 590 g/mol. The normalized spacial score (nSPS) is 14.6. The molecule has 1 N–H and O–H groups in total. The minimum Gasteiger partial charge on any atom is -0.494 e. The van der Waals surface area contributed by atoms with Crippen LogP contribution in [0.4, 0.5) is 18.9 Å². The first-order chi connectivity index (χ1) is 19.4. The van der Waals surface area contributed by atoms with Crippen LogP contribution in [0.5, 0.6) is 5.75 Å². The monoisotopic (exact) mass is 589 g/mol. The summed E-state index contributed by atoms with van der Waals surface area (Å²) < 4.78 is 68.0. The van der Waals surface area contributed by atoms with Crippen molar-refractivity contribution >= 4 is 21.6 Å². The SMILES string of the molecule is CCOc1cccc(-c2ccc(CN3CCN(c4ccc(C(=O)NS(=O)(=O)CCC(F)(F)F)cc4)CC3)cc2C)c1. The van der Waals surface area contributed by atoms with E-state index in [1.54, 1.807) is 16.9 Å². The van der Waals surface area contributed by atoms with Crippen molar-refractivity contribution < 1.29 is 31.1 Å². The number of amides is 1. The summed E-state index contributed by atoms with van der Waals surface area (Å²) in [5.41, 5.74) is 5.69. The van der Waals surface area contributed by atoms with Gasteiger partial charge in [0, 0.05) is 44.0 Å². The van der Waals surface area contributed by atoms with E-state index in [0.717, 1.165) is 49.7 Å². The Morgan fingerprint density at radius 2 is 1.68 bits per heavy atom. The average Bonchev–Trinajstić information content (AvgIpc) is 2.92. The molecule has 1 saturated heterocycles. The van der Waals surface area contributed by atoms with E-state index in [2.05, 4.69) is 47.1 Å². The highest BCUT2D eigenvalue weighted by molar-refractivity contribution is 7.90. The molecule has 0 aromatic heterocycles. The van der Waals surface area contributed by atoms with Crippen molar-refractivity contribution in [2.24, 2.45) is 0 Å². The maximum Gasteiger partial charge on any atom is 0.390 e. The van der Waals surface area contributed by atoms with Crippen LogP contribution in [0, 0.1) is 6.92 Å². The standard InChI is InChI=1S/C30H34F3N3O4S/c1-3-40-27-6-4-5-25(20-27)28-12-7-23(19-22(28)2)21-35-14-16-36(17-15-35)26-10-8-24(9-11-26)29(37)34-41(38,39)18-13-30(31,32)33/h4-12,19-20H,3,13-18,21H2,1-2H3,(H,34,37). The number of ether oxygens (including phenoxy) is 1. The molecule has 220 valence electrons. The molecular weight excluding hydrogens is 555 g/mol. The van der Waals surface area contributed by atoms with Crippen molar-refractivity contribution in [1.29, 1.82) is 0 Å². The maximum atomic E-state index is 12.3. The summed E-state index contributed by atoms with van der Waals surface area (Å²) in [5.74, 6) is -1.29. The second kappa shape index (κ2) is 12.9. The van der Waals surface area contributed by atoms with E-state index in [9.17, 15) is 26.4 Å². The van der Waals surface area contributed by atoms with Gasteiger partial charge in [0.2, 0.25) is 10.0 Å². The third-order valence-corrected chi connectivity index (χ3v) is 8.16. The van der Waals surface area contributed by atoms with Crippen LogP contribution in [0.25, 0.3) is 11.1 Å². The molecule has 4 rings (SSSR count). The fourth-order valence-corrected chi connectivity index (χ4v) is 5.82. The Kier molecular flexibility index (Phi) is 9.60. The van der Waals surface area contributed by atoms with Gasteiger partial charge >= 0.3 is 6.18 Å². The van der Waals surface area contributed by atoms with Crippen LogP contribution in [0.3, 0.4) is 0 Å². The molecule has 7 nitrogen and oxygen atoms in total. The first-order valence-corrected chi connectivity index (χ1v) is 15.1. The number of nitrogens with one attached hydrogen (secondary N) is 1. The molecule has 41 heavy (non-hydrogen) atoms. The smallest absolute Gasteiger partial charge is 0.390 e. The highest BCUT2D eigenvalue weighted by atomic mass is 32.2. The number of carbonyl (C=O) groups is 1. The zero-order valence-electron chi connectivity index (χ0n) is 23.1. The van der Waals surface area contributed by atoms with Gasteiger partial charge in [-0.2, -0.15) is 13.2 Å². The summed E-state index contributed by atoms with van der Waals surface area (Å²) in [6, 6.07) is 21.0. The minimum atomic E-state index is -4.62. The van der Waals surface area contributed by atoms with Crippen molar-refractivity contribution in [3.8, 4) is 16.9 Å². The topological polar surface area (TPSA) is 79.0 Å². The highest BCUT2D eigenvalue weighted by Crippen LogP contribution is 2.28. The van der Waals surface area contributed by atoms with E-state index in [1.165, 1.54) is 28.8 Å². The minimum absolute atomic E-state index is 0.0615. The van der Waals surface area contributed by atoms with E-state index in [0.29, 0.717) is 6.61 Å². The Labute approximate surface area is 239 Å². The molecule has 0 saturated carbocycles. The number of aryl methyl sites for hydroxylation is 1. The largest absolute Gasteiger partial charge is 0.494 e. The molecule has 11 heteroatoms. The number of carbonyl (C=O) groups excluding carboxylic acids is 1. The number of anilines is 1. The summed E-state index contributed by atoms with van der Waals surface area (Å²) in [6.07, 6.45) is -6.14. The fourth-order valence-electron chi connectivity index (χ4n) is 4.82. The Morgan fingerprint density at radius 3 is 2.32 bits per heavy atom. The van der Waals surface area contributed by atoms with Gasteiger partial charge in [-0.25, -0.2) is 13.1 Å². The van der Waals surface area contributed by atoms with Crippen LogP contribution in [0.15, 0.2) is 66.7 Å². The molecule has 0 radical (unpaired) electrons. The lowest BCUT2D eigenvalue weighted by Gasteiger charge is -2.36. The lowest BCUT2D eigenvalue weighted by molar-refractivity contribution is -0.130. The zero-order valence-corrected chi connectivity index (χ0v) is 23.9. The van der Waals surface area contributed by atoms with Gasteiger partial charge in [-0.15, -0.1) is 0 Å². The first kappa shape index (κ1) is 30.4. The van der Waals surface area contributed by atoms with Crippen LogP contribution < -0.4 is 14.4 Å². The quantitative estimate of drug-likeness (QED) is 0.342. The molecule has 1 heterocycles. The van der Waals surface area contributed by atoms with Gasteiger partial charge in [-0.05, 0) is 72.5 Å². The van der Waals surface area contributed by atoms with Crippen molar-refractivity contribution in [3.63, 3.8) is 0 Å². The molecule has 1 aliphatic heterocycles. The second-order valence-corrected chi connectivity index (χ2v) is 11.9. The lowest BCUT2D eigenvalue weighted by Crippen LogP contribution is -2.46. The Morgan fingerprint density at radius 1 is 0.976 bits per heavy atom. The summed E-state index contributed by atoms with van der Waals surface area (Å²) >= 11 is 0.